The minimum Gasteiger partial charge on any atom is -0.442 e. The molecule has 0 unspecified atom stereocenters. The van der Waals surface area contributed by atoms with Gasteiger partial charge in [0.25, 0.3) is 0 Å². The molecule has 1 saturated heterocycles. The minimum atomic E-state index is -0.491. The Morgan fingerprint density at radius 3 is 2.53 bits per heavy atom. The van der Waals surface area contributed by atoms with E-state index < -0.39 is 11.7 Å². The highest BCUT2D eigenvalue weighted by Gasteiger charge is 2.20. The molecule has 0 aromatic heterocycles. The SMILES string of the molecule is CN(OCCCN1CCNCC1)C(=O)OC(C)(C)C. The maximum atomic E-state index is 11.6. The Bertz CT molecular complexity index is 273. The van der Waals surface area contributed by atoms with Crippen LogP contribution in [0.5, 0.6) is 0 Å². The second-order valence-electron chi connectivity index (χ2n) is 5.76. The lowest BCUT2D eigenvalue weighted by atomic mass is 10.2. The average Bonchev–Trinajstić information content (AvgIpc) is 2.33. The van der Waals surface area contributed by atoms with Crippen LogP contribution in [0.4, 0.5) is 4.79 Å². The highest BCUT2D eigenvalue weighted by Crippen LogP contribution is 2.09. The van der Waals surface area contributed by atoms with Crippen LogP contribution in [-0.4, -0.2) is 68.0 Å². The van der Waals surface area contributed by atoms with E-state index in [2.05, 4.69) is 10.2 Å². The zero-order chi connectivity index (χ0) is 14.3. The lowest BCUT2D eigenvalue weighted by Crippen LogP contribution is -2.44. The molecule has 6 heteroatoms. The second kappa shape index (κ2) is 7.67. The minimum absolute atomic E-state index is 0.449. The van der Waals surface area contributed by atoms with Crippen LogP contribution in [0.3, 0.4) is 0 Å². The molecule has 6 nitrogen and oxygen atoms in total. The fraction of sp³-hybridized carbons (Fsp3) is 0.923. The fourth-order valence-electron chi connectivity index (χ4n) is 1.80. The smallest absolute Gasteiger partial charge is 0.434 e. The summed E-state index contributed by atoms with van der Waals surface area (Å²) in [5.41, 5.74) is -0.491. The number of hydrogen-bond acceptors (Lipinski definition) is 5. The van der Waals surface area contributed by atoms with E-state index in [0.717, 1.165) is 39.1 Å². The summed E-state index contributed by atoms with van der Waals surface area (Å²) in [5, 5.41) is 4.49. The number of ether oxygens (including phenoxy) is 1. The maximum absolute atomic E-state index is 11.6. The van der Waals surface area contributed by atoms with E-state index in [-0.39, 0.29) is 0 Å². The maximum Gasteiger partial charge on any atom is 0.434 e. The normalized spacial score (nSPS) is 17.3. The third-order valence-corrected chi connectivity index (χ3v) is 2.76. The highest BCUT2D eigenvalue weighted by atomic mass is 16.7. The first-order chi connectivity index (χ1) is 8.88. The van der Waals surface area contributed by atoms with E-state index in [1.54, 1.807) is 7.05 Å². The Morgan fingerprint density at radius 2 is 1.95 bits per heavy atom. The van der Waals surface area contributed by atoms with Gasteiger partial charge in [0.15, 0.2) is 0 Å². The quantitative estimate of drug-likeness (QED) is 0.600. The van der Waals surface area contributed by atoms with E-state index in [1.165, 1.54) is 5.06 Å². The summed E-state index contributed by atoms with van der Waals surface area (Å²) in [6.07, 6.45) is 0.460. The number of carbonyl (C=O) groups is 1. The van der Waals surface area contributed by atoms with E-state index in [4.69, 9.17) is 9.57 Å². The first kappa shape index (κ1) is 16.2. The summed E-state index contributed by atoms with van der Waals surface area (Å²) >= 11 is 0. The van der Waals surface area contributed by atoms with Gasteiger partial charge in [-0.25, -0.2) is 4.79 Å². The molecule has 0 atom stereocenters. The molecule has 1 fully saturated rings. The molecular formula is C13H27N3O3. The van der Waals surface area contributed by atoms with Crippen LogP contribution in [0.25, 0.3) is 0 Å². The standard InChI is InChI=1S/C13H27N3O3/c1-13(2,3)19-12(17)15(4)18-11-5-8-16-9-6-14-7-10-16/h14H,5-11H2,1-4H3. The molecule has 19 heavy (non-hydrogen) atoms. The summed E-state index contributed by atoms with van der Waals surface area (Å²) in [7, 11) is 1.58. The van der Waals surface area contributed by atoms with Crippen LogP contribution >= 0.6 is 0 Å². The molecule has 0 spiro atoms. The molecule has 0 aromatic rings. The van der Waals surface area contributed by atoms with E-state index >= 15 is 0 Å². The number of hydrogen-bond donors (Lipinski definition) is 1. The number of nitrogens with one attached hydrogen (secondary N) is 1. The van der Waals surface area contributed by atoms with Crippen LogP contribution in [0, 0.1) is 0 Å². The van der Waals surface area contributed by atoms with Gasteiger partial charge in [-0.3, -0.25) is 4.84 Å². The largest absolute Gasteiger partial charge is 0.442 e. The highest BCUT2D eigenvalue weighted by molar-refractivity contribution is 5.66. The van der Waals surface area contributed by atoms with Gasteiger partial charge in [0, 0.05) is 39.8 Å². The third kappa shape index (κ3) is 7.34. The molecule has 1 aliphatic heterocycles. The first-order valence-corrected chi connectivity index (χ1v) is 6.91. The fourth-order valence-corrected chi connectivity index (χ4v) is 1.80. The number of hydroxylamine groups is 2. The number of nitrogens with zero attached hydrogens (tertiary/aromatic N) is 2. The van der Waals surface area contributed by atoms with Crippen molar-refractivity contribution >= 4 is 6.09 Å². The Hall–Kier alpha value is -0.850. The van der Waals surface area contributed by atoms with Gasteiger partial charge in [0.1, 0.15) is 5.60 Å². The van der Waals surface area contributed by atoms with Crippen molar-refractivity contribution in [2.45, 2.75) is 32.8 Å². The van der Waals surface area contributed by atoms with Gasteiger partial charge < -0.3 is 15.0 Å². The molecule has 1 rings (SSSR count). The lowest BCUT2D eigenvalue weighted by Gasteiger charge is -2.27. The molecular weight excluding hydrogens is 246 g/mol. The van der Waals surface area contributed by atoms with Crippen molar-refractivity contribution in [1.82, 2.24) is 15.3 Å². The van der Waals surface area contributed by atoms with Crippen molar-refractivity contribution in [3.05, 3.63) is 0 Å². The van der Waals surface area contributed by atoms with Gasteiger partial charge in [-0.2, -0.15) is 5.06 Å². The van der Waals surface area contributed by atoms with Gasteiger partial charge in [0.2, 0.25) is 0 Å². The topological polar surface area (TPSA) is 54.0 Å². The van der Waals surface area contributed by atoms with Gasteiger partial charge in [-0.05, 0) is 27.2 Å². The van der Waals surface area contributed by atoms with Gasteiger partial charge in [-0.1, -0.05) is 0 Å². The molecule has 1 N–H and O–H groups in total. The van der Waals surface area contributed by atoms with E-state index in [0.29, 0.717) is 6.61 Å². The number of rotatable bonds is 5. The predicted molar refractivity (Wildman–Crippen MR) is 73.9 cm³/mol. The molecule has 0 radical (unpaired) electrons. The van der Waals surface area contributed by atoms with Crippen molar-refractivity contribution in [2.75, 3.05) is 46.4 Å². The van der Waals surface area contributed by atoms with Crippen LogP contribution in [0.2, 0.25) is 0 Å². The molecule has 1 aliphatic rings. The first-order valence-electron chi connectivity index (χ1n) is 6.91. The number of amides is 1. The number of piperazine rings is 1. The Kier molecular flexibility index (Phi) is 6.54. The third-order valence-electron chi connectivity index (χ3n) is 2.76. The van der Waals surface area contributed by atoms with Crippen LogP contribution in [-0.2, 0) is 9.57 Å². The Labute approximate surface area is 116 Å². The molecule has 1 amide bonds. The summed E-state index contributed by atoms with van der Waals surface area (Å²) in [6.45, 7) is 11.3. The van der Waals surface area contributed by atoms with Crippen molar-refractivity contribution in [2.24, 2.45) is 0 Å². The lowest BCUT2D eigenvalue weighted by molar-refractivity contribution is -0.132. The predicted octanol–water partition coefficient (Wildman–Crippen LogP) is 1.08. The van der Waals surface area contributed by atoms with E-state index in [9.17, 15) is 4.79 Å². The average molecular weight is 273 g/mol. The second-order valence-corrected chi connectivity index (χ2v) is 5.76. The van der Waals surface area contributed by atoms with Crippen molar-refractivity contribution in [3.63, 3.8) is 0 Å². The molecule has 0 bridgehead atoms. The summed E-state index contributed by atoms with van der Waals surface area (Å²) < 4.78 is 5.19. The molecule has 0 saturated carbocycles. The monoisotopic (exact) mass is 273 g/mol. The molecule has 0 aliphatic carbocycles. The summed E-state index contributed by atoms with van der Waals surface area (Å²) in [6, 6.07) is 0. The van der Waals surface area contributed by atoms with Crippen molar-refractivity contribution in [1.29, 1.82) is 0 Å². The van der Waals surface area contributed by atoms with Crippen LogP contribution in [0.15, 0.2) is 0 Å². The van der Waals surface area contributed by atoms with Crippen LogP contribution in [0.1, 0.15) is 27.2 Å². The molecule has 112 valence electrons. The Balaban J connectivity index is 2.09. The Morgan fingerprint density at radius 1 is 1.32 bits per heavy atom. The molecule has 1 heterocycles. The van der Waals surface area contributed by atoms with E-state index in [1.807, 2.05) is 20.8 Å². The number of carbonyl (C=O) groups excluding carboxylic acids is 1. The van der Waals surface area contributed by atoms with Crippen molar-refractivity contribution < 1.29 is 14.4 Å². The van der Waals surface area contributed by atoms with Crippen LogP contribution < -0.4 is 5.32 Å². The van der Waals surface area contributed by atoms with Gasteiger partial charge in [-0.15, -0.1) is 0 Å². The van der Waals surface area contributed by atoms with Gasteiger partial charge >= 0.3 is 6.09 Å². The summed E-state index contributed by atoms with van der Waals surface area (Å²) in [4.78, 5) is 19.4. The zero-order valence-electron chi connectivity index (χ0n) is 12.6. The van der Waals surface area contributed by atoms with Crippen molar-refractivity contribution in [3.8, 4) is 0 Å². The van der Waals surface area contributed by atoms with Gasteiger partial charge in [0.05, 0.1) is 6.61 Å². The molecule has 0 aromatic carbocycles. The summed E-state index contributed by atoms with van der Waals surface area (Å²) in [5.74, 6) is 0. The zero-order valence-corrected chi connectivity index (χ0v) is 12.6.